The Kier molecular flexibility index (Phi) is 4.95. The quantitative estimate of drug-likeness (QED) is 0.915. The van der Waals surface area contributed by atoms with Crippen LogP contribution in [-0.4, -0.2) is 41.5 Å². The van der Waals surface area contributed by atoms with Crippen molar-refractivity contribution in [3.63, 3.8) is 0 Å². The molecular formula is C12H18ClN3S. The summed E-state index contributed by atoms with van der Waals surface area (Å²) in [5.41, 5.74) is 0.977. The lowest BCUT2D eigenvalue weighted by molar-refractivity contribution is 0.284. The molecule has 3 nitrogen and oxygen atoms in total. The number of rotatable bonds is 3. The van der Waals surface area contributed by atoms with E-state index in [0.717, 1.165) is 36.2 Å². The molecule has 0 aromatic carbocycles. The summed E-state index contributed by atoms with van der Waals surface area (Å²) in [5, 5.41) is 3.82. The van der Waals surface area contributed by atoms with Crippen LogP contribution in [0.4, 0.5) is 5.82 Å². The van der Waals surface area contributed by atoms with Crippen molar-refractivity contribution < 1.29 is 0 Å². The van der Waals surface area contributed by atoms with Gasteiger partial charge in [-0.25, -0.2) is 4.98 Å². The summed E-state index contributed by atoms with van der Waals surface area (Å²) in [7, 11) is 1.88. The van der Waals surface area contributed by atoms with Gasteiger partial charge in [0.25, 0.3) is 0 Å². The minimum atomic E-state index is 0.765. The molecule has 1 aliphatic heterocycles. The van der Waals surface area contributed by atoms with E-state index in [2.05, 4.69) is 15.2 Å². The number of anilines is 1. The van der Waals surface area contributed by atoms with E-state index in [0.29, 0.717) is 0 Å². The second kappa shape index (κ2) is 6.47. The van der Waals surface area contributed by atoms with Crippen molar-refractivity contribution in [2.24, 2.45) is 0 Å². The van der Waals surface area contributed by atoms with Gasteiger partial charge >= 0.3 is 0 Å². The van der Waals surface area contributed by atoms with Crippen LogP contribution in [0, 0.1) is 0 Å². The van der Waals surface area contributed by atoms with Gasteiger partial charge in [0, 0.05) is 25.9 Å². The number of nitrogens with one attached hydrogen (secondary N) is 1. The minimum absolute atomic E-state index is 0.765. The summed E-state index contributed by atoms with van der Waals surface area (Å²) < 4.78 is 0. The monoisotopic (exact) mass is 271 g/mol. The number of nitrogens with zero attached hydrogens (tertiary/aromatic N) is 2. The van der Waals surface area contributed by atoms with Crippen LogP contribution in [0.15, 0.2) is 12.1 Å². The molecule has 0 saturated carbocycles. The lowest BCUT2D eigenvalue weighted by atomic mass is 10.3. The van der Waals surface area contributed by atoms with Gasteiger partial charge in [-0.3, -0.25) is 4.90 Å². The van der Waals surface area contributed by atoms with E-state index < -0.39 is 0 Å². The van der Waals surface area contributed by atoms with Crippen molar-refractivity contribution in [2.45, 2.75) is 13.0 Å². The second-order valence-corrected chi connectivity index (χ2v) is 5.75. The predicted octanol–water partition coefficient (Wildman–Crippen LogP) is 2.72. The lowest BCUT2D eigenvalue weighted by Crippen LogP contribution is -2.26. The third kappa shape index (κ3) is 3.76. The molecule has 0 bridgehead atoms. The van der Waals surface area contributed by atoms with Gasteiger partial charge in [0.1, 0.15) is 5.82 Å². The Hall–Kier alpha value is -0.450. The van der Waals surface area contributed by atoms with Gasteiger partial charge in [-0.2, -0.15) is 11.8 Å². The van der Waals surface area contributed by atoms with Crippen LogP contribution >= 0.6 is 23.4 Å². The molecule has 0 aliphatic carbocycles. The highest BCUT2D eigenvalue weighted by molar-refractivity contribution is 7.99. The number of hydrogen-bond acceptors (Lipinski definition) is 4. The highest BCUT2D eigenvalue weighted by atomic mass is 35.5. The Morgan fingerprint density at radius 2 is 2.29 bits per heavy atom. The summed E-state index contributed by atoms with van der Waals surface area (Å²) in [4.78, 5) is 6.96. The van der Waals surface area contributed by atoms with Crippen molar-refractivity contribution in [1.82, 2.24) is 9.88 Å². The number of hydrogen-bond donors (Lipinski definition) is 1. The van der Waals surface area contributed by atoms with E-state index in [1.807, 2.05) is 30.9 Å². The summed E-state index contributed by atoms with van der Waals surface area (Å²) in [6.07, 6.45) is 1.26. The van der Waals surface area contributed by atoms with Gasteiger partial charge < -0.3 is 5.32 Å². The molecule has 0 radical (unpaired) electrons. The number of pyridine rings is 1. The Morgan fingerprint density at radius 3 is 3.12 bits per heavy atom. The van der Waals surface area contributed by atoms with Gasteiger partial charge in [-0.05, 0) is 30.9 Å². The van der Waals surface area contributed by atoms with E-state index in [4.69, 9.17) is 11.6 Å². The maximum Gasteiger partial charge on any atom is 0.126 e. The molecule has 2 heterocycles. The summed E-state index contributed by atoms with van der Waals surface area (Å²) >= 11 is 8.23. The van der Waals surface area contributed by atoms with E-state index in [-0.39, 0.29) is 0 Å². The average Bonchev–Trinajstić information content (AvgIpc) is 2.60. The smallest absolute Gasteiger partial charge is 0.126 e. The molecule has 1 aromatic heterocycles. The molecule has 0 spiro atoms. The molecule has 2 rings (SSSR count). The zero-order valence-corrected chi connectivity index (χ0v) is 11.7. The fraction of sp³-hybridized carbons (Fsp3) is 0.583. The number of thioether (sulfide) groups is 1. The summed E-state index contributed by atoms with van der Waals surface area (Å²) in [6.45, 7) is 3.14. The van der Waals surface area contributed by atoms with Crippen LogP contribution in [0.3, 0.4) is 0 Å². The van der Waals surface area contributed by atoms with Crippen molar-refractivity contribution >= 4 is 29.2 Å². The van der Waals surface area contributed by atoms with E-state index in [1.54, 1.807) is 0 Å². The lowest BCUT2D eigenvalue weighted by Gasteiger charge is -2.19. The molecule has 17 heavy (non-hydrogen) atoms. The molecule has 5 heteroatoms. The first-order valence-corrected chi connectivity index (χ1v) is 7.46. The van der Waals surface area contributed by atoms with Crippen molar-refractivity contribution in [1.29, 1.82) is 0 Å². The van der Waals surface area contributed by atoms with Gasteiger partial charge in [-0.1, -0.05) is 11.6 Å². The Labute approximate surface area is 112 Å². The zero-order chi connectivity index (χ0) is 12.1. The molecule has 0 amide bonds. The number of halogens is 1. The van der Waals surface area contributed by atoms with E-state index in [9.17, 15) is 0 Å². The van der Waals surface area contributed by atoms with Crippen molar-refractivity contribution in [2.75, 3.05) is 37.0 Å². The molecule has 0 atom stereocenters. The maximum atomic E-state index is 6.19. The van der Waals surface area contributed by atoms with Gasteiger partial charge in [0.2, 0.25) is 0 Å². The zero-order valence-electron chi connectivity index (χ0n) is 10.1. The minimum Gasteiger partial charge on any atom is -0.373 e. The Balaban J connectivity index is 2.05. The molecule has 1 aliphatic rings. The van der Waals surface area contributed by atoms with Crippen LogP contribution in [0.25, 0.3) is 0 Å². The fourth-order valence-corrected chi connectivity index (χ4v) is 2.99. The van der Waals surface area contributed by atoms with Gasteiger partial charge in [-0.15, -0.1) is 0 Å². The molecule has 1 fully saturated rings. The fourth-order valence-electron chi connectivity index (χ4n) is 1.90. The first-order chi connectivity index (χ1) is 8.29. The van der Waals surface area contributed by atoms with Crippen LogP contribution in [-0.2, 0) is 6.54 Å². The Bertz CT molecular complexity index is 365. The van der Waals surface area contributed by atoms with Crippen LogP contribution in [0.1, 0.15) is 12.1 Å². The van der Waals surface area contributed by atoms with E-state index >= 15 is 0 Å². The van der Waals surface area contributed by atoms with Gasteiger partial charge in [0.15, 0.2) is 0 Å². The highest BCUT2D eigenvalue weighted by Crippen LogP contribution is 2.19. The number of aromatic nitrogens is 1. The summed E-state index contributed by atoms with van der Waals surface area (Å²) in [6, 6.07) is 3.83. The Morgan fingerprint density at radius 1 is 1.41 bits per heavy atom. The van der Waals surface area contributed by atoms with Gasteiger partial charge in [0.05, 0.1) is 10.7 Å². The second-order valence-electron chi connectivity index (χ2n) is 4.12. The first kappa shape index (κ1) is 13.0. The SMILES string of the molecule is CNc1ccc(Cl)c(CN2CCCSCC2)n1. The van der Waals surface area contributed by atoms with Crippen molar-refractivity contribution in [3.8, 4) is 0 Å². The third-order valence-electron chi connectivity index (χ3n) is 2.86. The van der Waals surface area contributed by atoms with Crippen LogP contribution in [0.5, 0.6) is 0 Å². The van der Waals surface area contributed by atoms with Crippen LogP contribution in [0.2, 0.25) is 5.02 Å². The predicted molar refractivity (Wildman–Crippen MR) is 76.0 cm³/mol. The summed E-state index contributed by atoms with van der Waals surface area (Å²) in [5.74, 6) is 3.37. The largest absolute Gasteiger partial charge is 0.373 e. The first-order valence-electron chi connectivity index (χ1n) is 5.93. The molecule has 0 unspecified atom stereocenters. The molecule has 94 valence electrons. The molecule has 1 N–H and O–H groups in total. The normalized spacial score (nSPS) is 17.8. The standard InChI is InChI=1S/C12H18ClN3S/c1-14-12-4-3-10(13)11(15-12)9-16-5-2-7-17-8-6-16/h3-4H,2,5-9H2,1H3,(H,14,15). The topological polar surface area (TPSA) is 28.2 Å². The average molecular weight is 272 g/mol. The van der Waals surface area contributed by atoms with E-state index in [1.165, 1.54) is 17.9 Å². The van der Waals surface area contributed by atoms with Crippen LogP contribution < -0.4 is 5.32 Å². The molecule has 1 aromatic rings. The highest BCUT2D eigenvalue weighted by Gasteiger charge is 2.12. The maximum absolute atomic E-state index is 6.19. The third-order valence-corrected chi connectivity index (χ3v) is 4.26. The van der Waals surface area contributed by atoms with Crippen molar-refractivity contribution in [3.05, 3.63) is 22.8 Å². The molecule has 1 saturated heterocycles. The molecular weight excluding hydrogens is 254 g/mol.